The Hall–Kier alpha value is -0.670. The van der Waals surface area contributed by atoms with Gasteiger partial charge in [-0.15, -0.1) is 0 Å². The van der Waals surface area contributed by atoms with Crippen LogP contribution in [-0.4, -0.2) is 23.7 Å². The van der Waals surface area contributed by atoms with Crippen molar-refractivity contribution in [1.82, 2.24) is 5.32 Å². The predicted molar refractivity (Wildman–Crippen MR) is 93.2 cm³/mol. The van der Waals surface area contributed by atoms with Gasteiger partial charge < -0.3 is 10.1 Å². The number of hydrogen-bond acceptors (Lipinski definition) is 3. The molecular weight excluding hydrogens is 278 g/mol. The summed E-state index contributed by atoms with van der Waals surface area (Å²) in [6.07, 6.45) is 6.34. The Morgan fingerprint density at radius 1 is 1.19 bits per heavy atom. The average molecular weight is 308 g/mol. The Kier molecular flexibility index (Phi) is 7.45. The highest BCUT2D eigenvalue weighted by Gasteiger charge is 2.23. The van der Waals surface area contributed by atoms with Crippen molar-refractivity contribution in [3.05, 3.63) is 29.8 Å². The van der Waals surface area contributed by atoms with Crippen LogP contribution in [0.4, 0.5) is 0 Å². The smallest absolute Gasteiger partial charge is 0.119 e. The predicted octanol–water partition coefficient (Wildman–Crippen LogP) is 4.63. The van der Waals surface area contributed by atoms with Crippen LogP contribution in [0.5, 0.6) is 5.75 Å². The van der Waals surface area contributed by atoms with Gasteiger partial charge in [0.05, 0.1) is 6.61 Å². The average Bonchev–Trinajstić information content (AvgIpc) is 2.95. The molecule has 1 N–H and O–H groups in total. The number of thioether (sulfide) groups is 1. The van der Waals surface area contributed by atoms with Crippen molar-refractivity contribution in [3.8, 4) is 5.75 Å². The molecule has 1 aromatic carbocycles. The highest BCUT2D eigenvalue weighted by atomic mass is 32.2. The molecule has 21 heavy (non-hydrogen) atoms. The molecule has 0 aromatic heterocycles. The van der Waals surface area contributed by atoms with Crippen LogP contribution in [0.3, 0.4) is 0 Å². The number of unbranched alkanes of at least 4 members (excludes halogenated alkanes) is 1. The van der Waals surface area contributed by atoms with Crippen molar-refractivity contribution in [2.24, 2.45) is 0 Å². The van der Waals surface area contributed by atoms with Crippen molar-refractivity contribution in [3.63, 3.8) is 0 Å². The fourth-order valence-corrected chi connectivity index (χ4v) is 3.96. The lowest BCUT2D eigenvalue weighted by Crippen LogP contribution is -2.26. The molecule has 0 bridgehead atoms. The topological polar surface area (TPSA) is 21.3 Å². The maximum atomic E-state index is 5.70. The van der Waals surface area contributed by atoms with E-state index in [1.54, 1.807) is 0 Å². The van der Waals surface area contributed by atoms with E-state index in [-0.39, 0.29) is 0 Å². The standard InChI is InChI=1S/C18H29NOS/c1-3-5-12-20-17-9-6-15(7-10-17)14-19-16-8-11-18(13-16)21-4-2/h6-7,9-10,16,18-19H,3-5,8,11-14H2,1-2H3. The van der Waals surface area contributed by atoms with Gasteiger partial charge in [0, 0.05) is 17.8 Å². The largest absolute Gasteiger partial charge is 0.494 e. The van der Waals surface area contributed by atoms with E-state index in [0.717, 1.165) is 30.6 Å². The van der Waals surface area contributed by atoms with Gasteiger partial charge in [0.1, 0.15) is 5.75 Å². The van der Waals surface area contributed by atoms with E-state index in [1.807, 2.05) is 0 Å². The van der Waals surface area contributed by atoms with E-state index in [2.05, 4.69) is 55.2 Å². The number of ether oxygens (including phenoxy) is 1. The Morgan fingerprint density at radius 3 is 2.71 bits per heavy atom. The summed E-state index contributed by atoms with van der Waals surface area (Å²) in [4.78, 5) is 0. The van der Waals surface area contributed by atoms with Crippen LogP contribution < -0.4 is 10.1 Å². The summed E-state index contributed by atoms with van der Waals surface area (Å²) in [7, 11) is 0. The molecule has 0 saturated heterocycles. The molecule has 2 nitrogen and oxygen atoms in total. The van der Waals surface area contributed by atoms with Gasteiger partial charge >= 0.3 is 0 Å². The minimum atomic E-state index is 0.703. The molecule has 1 fully saturated rings. The summed E-state index contributed by atoms with van der Waals surface area (Å²) in [5.41, 5.74) is 1.35. The van der Waals surface area contributed by atoms with Gasteiger partial charge in [0.2, 0.25) is 0 Å². The summed E-state index contributed by atoms with van der Waals surface area (Å²) >= 11 is 2.12. The first kappa shape index (κ1) is 16.7. The molecule has 2 rings (SSSR count). The van der Waals surface area contributed by atoms with E-state index in [4.69, 9.17) is 4.74 Å². The van der Waals surface area contributed by atoms with E-state index >= 15 is 0 Å². The number of hydrogen-bond donors (Lipinski definition) is 1. The highest BCUT2D eigenvalue weighted by molar-refractivity contribution is 7.99. The second-order valence-corrected chi connectivity index (χ2v) is 7.39. The maximum absolute atomic E-state index is 5.70. The summed E-state index contributed by atoms with van der Waals surface area (Å²) in [6, 6.07) is 9.26. The molecule has 0 aliphatic heterocycles. The molecule has 0 spiro atoms. The van der Waals surface area contributed by atoms with Crippen molar-refractivity contribution in [1.29, 1.82) is 0 Å². The van der Waals surface area contributed by atoms with Crippen molar-refractivity contribution < 1.29 is 4.74 Å². The van der Waals surface area contributed by atoms with E-state index in [0.29, 0.717) is 6.04 Å². The summed E-state index contributed by atoms with van der Waals surface area (Å²) in [6.45, 7) is 6.25. The molecule has 0 amide bonds. The van der Waals surface area contributed by atoms with E-state index in [1.165, 1.54) is 37.0 Å². The molecule has 1 aromatic rings. The van der Waals surface area contributed by atoms with E-state index in [9.17, 15) is 0 Å². The third kappa shape index (κ3) is 5.91. The third-order valence-electron chi connectivity index (χ3n) is 4.07. The molecule has 1 saturated carbocycles. The zero-order chi connectivity index (χ0) is 14.9. The monoisotopic (exact) mass is 307 g/mol. The quantitative estimate of drug-likeness (QED) is 0.672. The molecule has 0 heterocycles. The molecule has 0 radical (unpaired) electrons. The lowest BCUT2D eigenvalue weighted by Gasteiger charge is -2.13. The summed E-state index contributed by atoms with van der Waals surface area (Å²) in [5.74, 6) is 2.24. The molecule has 1 aliphatic rings. The van der Waals surface area contributed by atoms with Crippen molar-refractivity contribution in [2.45, 2.75) is 63.8 Å². The minimum absolute atomic E-state index is 0.703. The van der Waals surface area contributed by atoms with Crippen LogP contribution in [0.2, 0.25) is 0 Å². The second-order valence-electron chi connectivity index (χ2n) is 5.81. The summed E-state index contributed by atoms with van der Waals surface area (Å²) in [5, 5.41) is 4.58. The van der Waals surface area contributed by atoms with Gasteiger partial charge in [0.25, 0.3) is 0 Å². The zero-order valence-corrected chi connectivity index (χ0v) is 14.3. The molecule has 3 heteroatoms. The SMILES string of the molecule is CCCCOc1ccc(CNC2CCC(SCC)C2)cc1. The number of rotatable bonds is 9. The van der Waals surface area contributed by atoms with Crippen LogP contribution in [0.25, 0.3) is 0 Å². The van der Waals surface area contributed by atoms with Crippen LogP contribution >= 0.6 is 11.8 Å². The first-order chi connectivity index (χ1) is 10.3. The van der Waals surface area contributed by atoms with Gasteiger partial charge in [-0.25, -0.2) is 0 Å². The Balaban J connectivity index is 1.69. The number of nitrogens with one attached hydrogen (secondary N) is 1. The Bertz CT molecular complexity index is 393. The highest BCUT2D eigenvalue weighted by Crippen LogP contribution is 2.29. The summed E-state index contributed by atoms with van der Waals surface area (Å²) < 4.78 is 5.70. The normalized spacial score (nSPS) is 21.6. The van der Waals surface area contributed by atoms with Crippen molar-refractivity contribution >= 4 is 11.8 Å². The van der Waals surface area contributed by atoms with Gasteiger partial charge in [0.15, 0.2) is 0 Å². The van der Waals surface area contributed by atoms with Gasteiger partial charge in [-0.2, -0.15) is 11.8 Å². The van der Waals surface area contributed by atoms with Crippen LogP contribution in [-0.2, 0) is 6.54 Å². The fraction of sp³-hybridized carbons (Fsp3) is 0.667. The van der Waals surface area contributed by atoms with Gasteiger partial charge in [-0.3, -0.25) is 0 Å². The second kappa shape index (κ2) is 9.37. The fourth-order valence-electron chi connectivity index (χ4n) is 2.81. The Labute approximate surface area is 134 Å². The molecule has 118 valence electrons. The number of benzene rings is 1. The molecule has 2 unspecified atom stereocenters. The first-order valence-electron chi connectivity index (χ1n) is 8.38. The van der Waals surface area contributed by atoms with Gasteiger partial charge in [-0.05, 0) is 49.1 Å². The molecule has 1 aliphatic carbocycles. The third-order valence-corrected chi connectivity index (χ3v) is 5.30. The first-order valence-corrected chi connectivity index (χ1v) is 9.43. The molecule has 2 atom stereocenters. The van der Waals surface area contributed by atoms with Crippen LogP contribution in [0.1, 0.15) is 51.5 Å². The van der Waals surface area contributed by atoms with Crippen molar-refractivity contribution in [2.75, 3.05) is 12.4 Å². The maximum Gasteiger partial charge on any atom is 0.119 e. The lowest BCUT2D eigenvalue weighted by molar-refractivity contribution is 0.309. The minimum Gasteiger partial charge on any atom is -0.494 e. The van der Waals surface area contributed by atoms with Gasteiger partial charge in [-0.1, -0.05) is 32.4 Å². The lowest BCUT2D eigenvalue weighted by atomic mass is 10.2. The van der Waals surface area contributed by atoms with Crippen LogP contribution in [0.15, 0.2) is 24.3 Å². The zero-order valence-electron chi connectivity index (χ0n) is 13.4. The Morgan fingerprint density at radius 2 is 2.00 bits per heavy atom. The van der Waals surface area contributed by atoms with Crippen LogP contribution in [0, 0.1) is 0 Å². The molecular formula is C18H29NOS. The van der Waals surface area contributed by atoms with E-state index < -0.39 is 0 Å².